The van der Waals surface area contributed by atoms with Gasteiger partial charge in [0.2, 0.25) is 0 Å². The molecule has 1 saturated heterocycles. The number of hydrogen-bond acceptors (Lipinski definition) is 4. The first kappa shape index (κ1) is 22.4. The van der Waals surface area contributed by atoms with Crippen LogP contribution in [0.1, 0.15) is 24.2 Å². The number of nitrogens with zero attached hydrogens (tertiary/aromatic N) is 3. The predicted octanol–water partition coefficient (Wildman–Crippen LogP) is 5.81. The van der Waals surface area contributed by atoms with Gasteiger partial charge in [0.15, 0.2) is 0 Å². The Morgan fingerprint density at radius 2 is 1.74 bits per heavy atom. The highest BCUT2D eigenvalue weighted by molar-refractivity contribution is 6.36. The molecule has 1 fully saturated rings. The van der Waals surface area contributed by atoms with Crippen molar-refractivity contribution < 1.29 is 5.11 Å². The largest absolute Gasteiger partial charge is 0.382 e. The van der Waals surface area contributed by atoms with Crippen molar-refractivity contribution >= 4 is 40.5 Å². The van der Waals surface area contributed by atoms with Crippen LogP contribution in [0.3, 0.4) is 0 Å². The third-order valence-corrected chi connectivity index (χ3v) is 6.48. The number of anilines is 1. The van der Waals surface area contributed by atoms with Crippen LogP contribution in [-0.4, -0.2) is 41.2 Å². The summed E-state index contributed by atoms with van der Waals surface area (Å²) in [4.78, 5) is 8.93. The van der Waals surface area contributed by atoms with Crippen LogP contribution in [0.2, 0.25) is 15.1 Å². The molecule has 0 radical (unpaired) electrons. The Balaban J connectivity index is 1.62. The van der Waals surface area contributed by atoms with E-state index in [1.54, 1.807) is 12.3 Å². The summed E-state index contributed by atoms with van der Waals surface area (Å²) in [5, 5.41) is 13.1. The highest BCUT2D eigenvalue weighted by atomic mass is 35.5. The Morgan fingerprint density at radius 3 is 2.42 bits per heavy atom. The molecule has 3 aromatic rings. The molecule has 31 heavy (non-hydrogen) atoms. The highest BCUT2D eigenvalue weighted by Gasteiger charge is 2.34. The first-order valence-corrected chi connectivity index (χ1v) is 11.3. The fraction of sp³-hybridized carbons (Fsp3) is 0.292. The summed E-state index contributed by atoms with van der Waals surface area (Å²) in [5.41, 5.74) is 1.70. The van der Waals surface area contributed by atoms with Crippen LogP contribution in [0.4, 0.5) is 5.69 Å². The minimum absolute atomic E-state index is 0.0456. The molecule has 4 rings (SSSR count). The SMILES string of the molecule is CC(O)(CN1CCN(c2ccc(Cl)cc2Cl)[C@H](c2ccc(Cl)cc2)C1)c1ccccn1. The average molecular weight is 477 g/mol. The molecule has 0 spiro atoms. The molecule has 0 amide bonds. The van der Waals surface area contributed by atoms with Crippen molar-refractivity contribution in [3.63, 3.8) is 0 Å². The molecule has 2 heterocycles. The zero-order valence-corrected chi connectivity index (χ0v) is 19.4. The molecule has 7 heteroatoms. The maximum absolute atomic E-state index is 11.1. The summed E-state index contributed by atoms with van der Waals surface area (Å²) in [6.07, 6.45) is 1.71. The van der Waals surface area contributed by atoms with Gasteiger partial charge in [-0.3, -0.25) is 9.88 Å². The lowest BCUT2D eigenvalue weighted by Gasteiger charge is -2.45. The lowest BCUT2D eigenvalue weighted by Crippen LogP contribution is -2.52. The molecule has 4 nitrogen and oxygen atoms in total. The van der Waals surface area contributed by atoms with E-state index >= 15 is 0 Å². The lowest BCUT2D eigenvalue weighted by atomic mass is 9.97. The number of pyridine rings is 1. The zero-order valence-electron chi connectivity index (χ0n) is 17.2. The van der Waals surface area contributed by atoms with Gasteiger partial charge in [0.05, 0.1) is 22.4 Å². The number of aromatic nitrogens is 1. The van der Waals surface area contributed by atoms with E-state index in [0.29, 0.717) is 27.3 Å². The minimum Gasteiger partial charge on any atom is -0.382 e. The summed E-state index contributed by atoms with van der Waals surface area (Å²) in [5.74, 6) is 0. The Hall–Kier alpha value is -1.82. The van der Waals surface area contributed by atoms with E-state index in [4.69, 9.17) is 34.8 Å². The molecule has 0 bridgehead atoms. The second-order valence-electron chi connectivity index (χ2n) is 8.08. The monoisotopic (exact) mass is 475 g/mol. The normalized spacial score (nSPS) is 19.3. The van der Waals surface area contributed by atoms with Crippen LogP contribution in [0.15, 0.2) is 66.9 Å². The fourth-order valence-corrected chi connectivity index (χ4v) is 4.80. The first-order valence-electron chi connectivity index (χ1n) is 10.2. The van der Waals surface area contributed by atoms with Crippen molar-refractivity contribution in [3.05, 3.63) is 93.2 Å². The van der Waals surface area contributed by atoms with Crippen molar-refractivity contribution in [2.45, 2.75) is 18.6 Å². The van der Waals surface area contributed by atoms with Crippen LogP contribution < -0.4 is 4.90 Å². The predicted molar refractivity (Wildman–Crippen MR) is 128 cm³/mol. The maximum Gasteiger partial charge on any atom is 0.116 e. The van der Waals surface area contributed by atoms with Crippen molar-refractivity contribution in [3.8, 4) is 0 Å². The van der Waals surface area contributed by atoms with E-state index in [9.17, 15) is 5.11 Å². The van der Waals surface area contributed by atoms with Gasteiger partial charge in [-0.2, -0.15) is 0 Å². The number of rotatable bonds is 5. The smallest absolute Gasteiger partial charge is 0.116 e. The quantitative estimate of drug-likeness (QED) is 0.504. The molecule has 1 aliphatic rings. The zero-order chi connectivity index (χ0) is 22.0. The van der Waals surface area contributed by atoms with E-state index in [2.05, 4.69) is 14.8 Å². The van der Waals surface area contributed by atoms with Crippen molar-refractivity contribution in [2.24, 2.45) is 0 Å². The third kappa shape index (κ3) is 5.16. The molecule has 1 aliphatic heterocycles. The Bertz CT molecular complexity index is 1030. The molecule has 0 aliphatic carbocycles. The second-order valence-corrected chi connectivity index (χ2v) is 9.36. The van der Waals surface area contributed by atoms with Crippen LogP contribution in [0.5, 0.6) is 0 Å². The van der Waals surface area contributed by atoms with Crippen LogP contribution >= 0.6 is 34.8 Å². The van der Waals surface area contributed by atoms with Gasteiger partial charge in [0.1, 0.15) is 5.60 Å². The molecule has 162 valence electrons. The summed E-state index contributed by atoms with van der Waals surface area (Å²) < 4.78 is 0. The van der Waals surface area contributed by atoms with Crippen LogP contribution in [-0.2, 0) is 5.60 Å². The van der Waals surface area contributed by atoms with Gasteiger partial charge < -0.3 is 10.0 Å². The van der Waals surface area contributed by atoms with Crippen LogP contribution in [0, 0.1) is 0 Å². The topological polar surface area (TPSA) is 39.6 Å². The average Bonchev–Trinajstić information content (AvgIpc) is 2.75. The van der Waals surface area contributed by atoms with Gasteiger partial charge in [-0.15, -0.1) is 0 Å². The van der Waals surface area contributed by atoms with E-state index in [0.717, 1.165) is 30.9 Å². The molecular weight excluding hydrogens is 453 g/mol. The number of hydrogen-bond donors (Lipinski definition) is 1. The minimum atomic E-state index is -1.05. The van der Waals surface area contributed by atoms with Gasteiger partial charge in [-0.1, -0.05) is 53.0 Å². The molecule has 2 aromatic carbocycles. The standard InChI is InChI=1S/C24H24Cl3N3O/c1-24(31,23-4-2-3-11-28-23)16-29-12-13-30(21-10-9-19(26)14-20(21)27)22(15-29)17-5-7-18(25)8-6-17/h2-11,14,22,31H,12-13,15-16H2,1H3/t22-,24?/m0/s1. The van der Waals surface area contributed by atoms with Crippen molar-refractivity contribution in [1.29, 1.82) is 0 Å². The Morgan fingerprint density at radius 1 is 1.00 bits per heavy atom. The maximum atomic E-state index is 11.1. The third-order valence-electron chi connectivity index (χ3n) is 5.69. The van der Waals surface area contributed by atoms with Crippen LogP contribution in [0.25, 0.3) is 0 Å². The van der Waals surface area contributed by atoms with Gasteiger partial charge in [-0.25, -0.2) is 0 Å². The molecule has 2 atom stereocenters. The number of benzene rings is 2. The molecule has 1 unspecified atom stereocenters. The second kappa shape index (κ2) is 9.35. The van der Waals surface area contributed by atoms with E-state index in [-0.39, 0.29) is 6.04 Å². The molecule has 1 aromatic heterocycles. The lowest BCUT2D eigenvalue weighted by molar-refractivity contribution is 0.00678. The summed E-state index contributed by atoms with van der Waals surface area (Å²) in [7, 11) is 0. The Labute approximate surface area is 198 Å². The number of β-amino-alcohol motifs (C(OH)–C–C–N with tert-alkyl or cyclic N) is 1. The van der Waals surface area contributed by atoms with Crippen molar-refractivity contribution in [1.82, 2.24) is 9.88 Å². The summed E-state index contributed by atoms with van der Waals surface area (Å²) in [6, 6.07) is 19.2. The van der Waals surface area contributed by atoms with Gasteiger partial charge >= 0.3 is 0 Å². The van der Waals surface area contributed by atoms with Gasteiger partial charge in [-0.05, 0) is 55.0 Å². The number of halogens is 3. The molecule has 1 N–H and O–H groups in total. The first-order chi connectivity index (χ1) is 14.8. The number of piperazine rings is 1. The van der Waals surface area contributed by atoms with Gasteiger partial charge in [0, 0.05) is 42.4 Å². The van der Waals surface area contributed by atoms with Gasteiger partial charge in [0.25, 0.3) is 0 Å². The Kier molecular flexibility index (Phi) is 6.75. The summed E-state index contributed by atoms with van der Waals surface area (Å²) in [6.45, 7) is 4.56. The molecule has 0 saturated carbocycles. The molecular formula is C24H24Cl3N3O. The van der Waals surface area contributed by atoms with E-state index in [1.165, 1.54) is 0 Å². The van der Waals surface area contributed by atoms with E-state index < -0.39 is 5.60 Å². The van der Waals surface area contributed by atoms with E-state index in [1.807, 2.05) is 61.5 Å². The highest BCUT2D eigenvalue weighted by Crippen LogP contribution is 2.37. The number of aliphatic hydroxyl groups is 1. The van der Waals surface area contributed by atoms with Crippen molar-refractivity contribution in [2.75, 3.05) is 31.1 Å². The fourth-order valence-electron chi connectivity index (χ4n) is 4.15. The summed E-state index contributed by atoms with van der Waals surface area (Å²) >= 11 is 18.8.